The lowest BCUT2D eigenvalue weighted by atomic mass is 10.1. The molecule has 1 heterocycles. The van der Waals surface area contributed by atoms with Gasteiger partial charge in [-0.15, -0.1) is 0 Å². The van der Waals surface area contributed by atoms with Crippen LogP contribution in [0.25, 0.3) is 0 Å². The van der Waals surface area contributed by atoms with Gasteiger partial charge in [0, 0.05) is 31.8 Å². The molecule has 14 heavy (non-hydrogen) atoms. The Hall–Kier alpha value is -1.12. The van der Waals surface area contributed by atoms with Crippen molar-refractivity contribution in [2.24, 2.45) is 0 Å². The van der Waals surface area contributed by atoms with Crippen LogP contribution in [0.2, 0.25) is 0 Å². The highest BCUT2D eigenvalue weighted by molar-refractivity contribution is 5.78. The number of Topliss-reactive ketones (excluding diaryl/α,β-unsaturated/α-hetero) is 1. The van der Waals surface area contributed by atoms with Gasteiger partial charge in [-0.1, -0.05) is 19.8 Å². The Labute approximate surface area is 85.1 Å². The van der Waals surface area contributed by atoms with Crippen molar-refractivity contribution in [1.82, 2.24) is 9.78 Å². The van der Waals surface area contributed by atoms with Crippen LogP contribution < -0.4 is 0 Å². The number of carbonyl (C=O) groups excluding carboxylic acids is 1. The van der Waals surface area contributed by atoms with Gasteiger partial charge >= 0.3 is 0 Å². The van der Waals surface area contributed by atoms with Gasteiger partial charge in [0.2, 0.25) is 0 Å². The predicted octanol–water partition coefficient (Wildman–Crippen LogP) is 2.42. The van der Waals surface area contributed by atoms with Crippen LogP contribution in [-0.2, 0) is 11.3 Å². The van der Waals surface area contributed by atoms with E-state index in [-0.39, 0.29) is 0 Å². The Kier molecular flexibility index (Phi) is 4.97. The Morgan fingerprint density at radius 2 is 2.21 bits per heavy atom. The Morgan fingerprint density at radius 1 is 1.36 bits per heavy atom. The van der Waals surface area contributed by atoms with Crippen LogP contribution in [0.1, 0.15) is 39.0 Å². The van der Waals surface area contributed by atoms with E-state index in [9.17, 15) is 4.79 Å². The first-order valence-corrected chi connectivity index (χ1v) is 5.32. The summed E-state index contributed by atoms with van der Waals surface area (Å²) in [4.78, 5) is 11.4. The first-order chi connectivity index (χ1) is 6.83. The quantitative estimate of drug-likeness (QED) is 0.625. The van der Waals surface area contributed by atoms with Gasteiger partial charge in [-0.3, -0.25) is 9.48 Å². The summed E-state index contributed by atoms with van der Waals surface area (Å²) in [6.45, 7) is 2.87. The molecule has 0 bridgehead atoms. The van der Waals surface area contributed by atoms with Gasteiger partial charge in [0.1, 0.15) is 5.78 Å². The number of hydrogen-bond acceptors (Lipinski definition) is 2. The molecule has 0 amide bonds. The molecule has 1 rings (SSSR count). The molecule has 1 aromatic rings. The molecule has 0 fully saturated rings. The number of rotatable bonds is 7. The zero-order chi connectivity index (χ0) is 10.2. The number of nitrogens with zero attached hydrogens (tertiary/aromatic N) is 2. The summed E-state index contributed by atoms with van der Waals surface area (Å²) in [5.74, 6) is 0.356. The summed E-state index contributed by atoms with van der Waals surface area (Å²) in [6.07, 6.45) is 8.34. The van der Waals surface area contributed by atoms with Crippen molar-refractivity contribution in [2.75, 3.05) is 0 Å². The highest BCUT2D eigenvalue weighted by Crippen LogP contribution is 2.02. The first-order valence-electron chi connectivity index (χ1n) is 5.32. The monoisotopic (exact) mass is 194 g/mol. The molecule has 0 saturated heterocycles. The van der Waals surface area contributed by atoms with Crippen LogP contribution >= 0.6 is 0 Å². The third-order valence-corrected chi connectivity index (χ3v) is 2.24. The SMILES string of the molecule is CCCCCC(=O)CCn1cccn1. The van der Waals surface area contributed by atoms with Gasteiger partial charge in [-0.05, 0) is 12.5 Å². The largest absolute Gasteiger partial charge is 0.300 e. The summed E-state index contributed by atoms with van der Waals surface area (Å²) in [5, 5.41) is 4.05. The molecule has 1 aromatic heterocycles. The molecule has 0 atom stereocenters. The molecule has 0 spiro atoms. The Balaban J connectivity index is 2.09. The average molecular weight is 194 g/mol. The van der Waals surface area contributed by atoms with E-state index in [1.807, 2.05) is 12.3 Å². The Morgan fingerprint density at radius 3 is 2.86 bits per heavy atom. The normalized spacial score (nSPS) is 10.4. The third-order valence-electron chi connectivity index (χ3n) is 2.24. The number of aryl methyl sites for hydroxylation is 1. The predicted molar refractivity (Wildman–Crippen MR) is 56.0 cm³/mol. The molecule has 0 aliphatic heterocycles. The molecule has 0 saturated carbocycles. The number of hydrogen-bond donors (Lipinski definition) is 0. The smallest absolute Gasteiger partial charge is 0.134 e. The minimum absolute atomic E-state index is 0.356. The lowest BCUT2D eigenvalue weighted by molar-refractivity contribution is -0.119. The van der Waals surface area contributed by atoms with Gasteiger partial charge in [0.25, 0.3) is 0 Å². The minimum Gasteiger partial charge on any atom is -0.300 e. The Bertz CT molecular complexity index is 254. The van der Waals surface area contributed by atoms with Gasteiger partial charge in [0.05, 0.1) is 0 Å². The minimum atomic E-state index is 0.356. The van der Waals surface area contributed by atoms with E-state index < -0.39 is 0 Å². The maximum absolute atomic E-state index is 11.4. The van der Waals surface area contributed by atoms with Crippen LogP contribution in [0.5, 0.6) is 0 Å². The second kappa shape index (κ2) is 6.35. The highest BCUT2D eigenvalue weighted by Gasteiger charge is 2.01. The number of carbonyl (C=O) groups is 1. The van der Waals surface area contributed by atoms with Crippen molar-refractivity contribution in [3.05, 3.63) is 18.5 Å². The standard InChI is InChI=1S/C11H18N2O/c1-2-3-4-6-11(14)7-10-13-9-5-8-12-13/h5,8-9H,2-4,6-7,10H2,1H3. The molecule has 0 aromatic carbocycles. The summed E-state index contributed by atoms with van der Waals surface area (Å²) < 4.78 is 1.80. The molecule has 0 aliphatic rings. The van der Waals surface area contributed by atoms with E-state index in [0.29, 0.717) is 12.2 Å². The zero-order valence-electron chi connectivity index (χ0n) is 8.78. The molecular weight excluding hydrogens is 176 g/mol. The van der Waals surface area contributed by atoms with Gasteiger partial charge in [0.15, 0.2) is 0 Å². The van der Waals surface area contributed by atoms with Crippen molar-refractivity contribution in [2.45, 2.75) is 45.6 Å². The second-order valence-electron chi connectivity index (χ2n) is 3.51. The fourth-order valence-corrected chi connectivity index (χ4v) is 1.37. The summed E-state index contributed by atoms with van der Waals surface area (Å²) in [6, 6.07) is 1.88. The van der Waals surface area contributed by atoms with Crippen LogP contribution in [0.4, 0.5) is 0 Å². The lowest BCUT2D eigenvalue weighted by Gasteiger charge is -2.00. The average Bonchev–Trinajstić information content (AvgIpc) is 2.68. The number of unbranched alkanes of at least 4 members (excludes halogenated alkanes) is 2. The number of ketones is 1. The molecular formula is C11H18N2O. The van der Waals surface area contributed by atoms with Crippen molar-refractivity contribution >= 4 is 5.78 Å². The van der Waals surface area contributed by atoms with Crippen molar-refractivity contribution in [3.8, 4) is 0 Å². The lowest BCUT2D eigenvalue weighted by Crippen LogP contribution is -2.05. The van der Waals surface area contributed by atoms with Crippen molar-refractivity contribution in [3.63, 3.8) is 0 Å². The van der Waals surface area contributed by atoms with Gasteiger partial charge in [-0.25, -0.2) is 0 Å². The molecule has 3 heteroatoms. The molecule has 78 valence electrons. The van der Waals surface area contributed by atoms with Crippen LogP contribution in [0.3, 0.4) is 0 Å². The maximum Gasteiger partial charge on any atom is 0.134 e. The number of aromatic nitrogens is 2. The zero-order valence-corrected chi connectivity index (χ0v) is 8.78. The van der Waals surface area contributed by atoms with Crippen LogP contribution in [0, 0.1) is 0 Å². The van der Waals surface area contributed by atoms with E-state index in [0.717, 1.165) is 25.8 Å². The van der Waals surface area contributed by atoms with E-state index in [4.69, 9.17) is 0 Å². The highest BCUT2D eigenvalue weighted by atomic mass is 16.1. The molecule has 0 radical (unpaired) electrons. The van der Waals surface area contributed by atoms with E-state index in [1.54, 1.807) is 10.9 Å². The van der Waals surface area contributed by atoms with E-state index in [1.165, 1.54) is 6.42 Å². The molecule has 0 aliphatic carbocycles. The topological polar surface area (TPSA) is 34.9 Å². The van der Waals surface area contributed by atoms with Crippen molar-refractivity contribution in [1.29, 1.82) is 0 Å². The van der Waals surface area contributed by atoms with Gasteiger partial charge < -0.3 is 0 Å². The summed E-state index contributed by atoms with van der Waals surface area (Å²) in [7, 11) is 0. The fourth-order valence-electron chi connectivity index (χ4n) is 1.37. The maximum atomic E-state index is 11.4. The van der Waals surface area contributed by atoms with E-state index >= 15 is 0 Å². The first kappa shape index (κ1) is 11.0. The van der Waals surface area contributed by atoms with E-state index in [2.05, 4.69) is 12.0 Å². The van der Waals surface area contributed by atoms with Crippen LogP contribution in [-0.4, -0.2) is 15.6 Å². The second-order valence-corrected chi connectivity index (χ2v) is 3.51. The molecule has 0 unspecified atom stereocenters. The third kappa shape index (κ3) is 4.21. The fraction of sp³-hybridized carbons (Fsp3) is 0.636. The molecule has 3 nitrogen and oxygen atoms in total. The summed E-state index contributed by atoms with van der Waals surface area (Å²) >= 11 is 0. The molecule has 0 N–H and O–H groups in total. The van der Waals surface area contributed by atoms with Crippen LogP contribution in [0.15, 0.2) is 18.5 Å². The van der Waals surface area contributed by atoms with Crippen molar-refractivity contribution < 1.29 is 4.79 Å². The summed E-state index contributed by atoms with van der Waals surface area (Å²) in [5.41, 5.74) is 0. The van der Waals surface area contributed by atoms with Gasteiger partial charge in [-0.2, -0.15) is 5.10 Å².